The number of aromatic nitrogens is 2. The monoisotopic (exact) mass is 387 g/mol. The molecule has 1 N–H and O–H groups in total. The minimum absolute atomic E-state index is 0.00926. The number of Topliss-reactive ketones (excluding diaryl/α,β-unsaturated/α-hetero) is 1. The van der Waals surface area contributed by atoms with Crippen LogP contribution in [0.4, 0.5) is 0 Å². The summed E-state index contributed by atoms with van der Waals surface area (Å²) in [6.07, 6.45) is 3.60. The van der Waals surface area contributed by atoms with Gasteiger partial charge < -0.3 is 5.32 Å². The standard InChI is InChI=1S/C24H25N3O2/c1-17(18-9-4-3-5-10-18)21-15-19(16-22(27-21)24(29)25-2)23(28)13-8-12-20-11-6-7-14-26-20/h3-7,9-11,14-17H,8,12-13H2,1-2H3,(H,25,29)/t17-/m0/s1. The molecule has 29 heavy (non-hydrogen) atoms. The van der Waals surface area contributed by atoms with E-state index >= 15 is 0 Å². The first kappa shape index (κ1) is 20.4. The number of aryl methyl sites for hydroxylation is 1. The Hall–Kier alpha value is -3.34. The molecule has 3 rings (SSSR count). The molecule has 0 bridgehead atoms. The van der Waals surface area contributed by atoms with Crippen molar-refractivity contribution in [2.45, 2.75) is 32.1 Å². The van der Waals surface area contributed by atoms with Gasteiger partial charge in [0, 0.05) is 42.5 Å². The van der Waals surface area contributed by atoms with E-state index in [0.29, 0.717) is 24.1 Å². The fourth-order valence-corrected chi connectivity index (χ4v) is 3.21. The lowest BCUT2D eigenvalue weighted by Crippen LogP contribution is -2.21. The normalized spacial score (nSPS) is 11.7. The Labute approximate surface area is 171 Å². The van der Waals surface area contributed by atoms with E-state index < -0.39 is 0 Å². The van der Waals surface area contributed by atoms with E-state index in [1.54, 1.807) is 19.3 Å². The summed E-state index contributed by atoms with van der Waals surface area (Å²) in [7, 11) is 1.56. The molecule has 0 saturated heterocycles. The number of carbonyl (C=O) groups excluding carboxylic acids is 2. The number of rotatable bonds is 8. The summed E-state index contributed by atoms with van der Waals surface area (Å²) in [5.74, 6) is -0.314. The van der Waals surface area contributed by atoms with Gasteiger partial charge >= 0.3 is 0 Å². The highest BCUT2D eigenvalue weighted by Gasteiger charge is 2.18. The Morgan fingerprint density at radius 2 is 1.79 bits per heavy atom. The lowest BCUT2D eigenvalue weighted by molar-refractivity contribution is 0.0958. The minimum Gasteiger partial charge on any atom is -0.354 e. The number of carbonyl (C=O) groups is 2. The first-order chi connectivity index (χ1) is 14.1. The molecule has 2 heterocycles. The zero-order chi connectivity index (χ0) is 20.6. The number of hydrogen-bond acceptors (Lipinski definition) is 4. The van der Waals surface area contributed by atoms with Crippen LogP contribution in [0.1, 0.15) is 63.5 Å². The van der Waals surface area contributed by atoms with Crippen molar-refractivity contribution in [3.63, 3.8) is 0 Å². The maximum Gasteiger partial charge on any atom is 0.269 e. The Balaban J connectivity index is 1.81. The maximum atomic E-state index is 12.8. The average molecular weight is 387 g/mol. The highest BCUT2D eigenvalue weighted by Crippen LogP contribution is 2.24. The van der Waals surface area contributed by atoms with E-state index in [2.05, 4.69) is 15.3 Å². The highest BCUT2D eigenvalue weighted by molar-refractivity contribution is 5.99. The number of nitrogens with one attached hydrogen (secondary N) is 1. The smallest absolute Gasteiger partial charge is 0.269 e. The Morgan fingerprint density at radius 1 is 1.03 bits per heavy atom. The lowest BCUT2D eigenvalue weighted by Gasteiger charge is -2.14. The second-order valence-corrected chi connectivity index (χ2v) is 6.98. The maximum absolute atomic E-state index is 12.8. The second-order valence-electron chi connectivity index (χ2n) is 6.98. The summed E-state index contributed by atoms with van der Waals surface area (Å²) in [4.78, 5) is 33.8. The number of nitrogens with zero attached hydrogens (tertiary/aromatic N) is 2. The third-order valence-electron chi connectivity index (χ3n) is 4.93. The Kier molecular flexibility index (Phi) is 6.85. The zero-order valence-corrected chi connectivity index (χ0v) is 16.8. The number of pyridine rings is 2. The summed E-state index contributed by atoms with van der Waals surface area (Å²) in [5.41, 5.74) is 3.56. The van der Waals surface area contributed by atoms with Crippen LogP contribution in [0.3, 0.4) is 0 Å². The van der Waals surface area contributed by atoms with E-state index in [9.17, 15) is 9.59 Å². The van der Waals surface area contributed by atoms with E-state index in [1.165, 1.54) is 0 Å². The van der Waals surface area contributed by atoms with E-state index in [-0.39, 0.29) is 23.3 Å². The molecule has 0 fully saturated rings. The fraction of sp³-hybridized carbons (Fsp3) is 0.250. The van der Waals surface area contributed by atoms with Gasteiger partial charge in [0.2, 0.25) is 0 Å². The number of amides is 1. The Bertz CT molecular complexity index is 972. The van der Waals surface area contributed by atoms with Gasteiger partial charge in [-0.15, -0.1) is 0 Å². The molecule has 1 aromatic carbocycles. The summed E-state index contributed by atoms with van der Waals surface area (Å²) in [5, 5.41) is 2.60. The SMILES string of the molecule is CNC(=O)c1cc(C(=O)CCCc2ccccn2)cc([C@@H](C)c2ccccc2)n1. The van der Waals surface area contributed by atoms with Gasteiger partial charge in [0.15, 0.2) is 5.78 Å². The predicted octanol–water partition coefficient (Wildman–Crippen LogP) is 4.19. The molecule has 2 aromatic heterocycles. The van der Waals surface area contributed by atoms with Crippen LogP contribution >= 0.6 is 0 Å². The van der Waals surface area contributed by atoms with Crippen molar-refractivity contribution < 1.29 is 9.59 Å². The quantitative estimate of drug-likeness (QED) is 0.588. The highest BCUT2D eigenvalue weighted by atomic mass is 16.1. The van der Waals surface area contributed by atoms with Gasteiger partial charge in [0.1, 0.15) is 5.69 Å². The molecule has 0 saturated carbocycles. The third kappa shape index (κ3) is 5.35. The third-order valence-corrected chi connectivity index (χ3v) is 4.93. The molecule has 1 amide bonds. The fourth-order valence-electron chi connectivity index (χ4n) is 3.21. The van der Waals surface area contributed by atoms with Gasteiger partial charge in [-0.05, 0) is 42.7 Å². The lowest BCUT2D eigenvalue weighted by atomic mass is 9.94. The molecule has 0 aliphatic rings. The number of ketones is 1. The van der Waals surface area contributed by atoms with Crippen molar-refractivity contribution >= 4 is 11.7 Å². The summed E-state index contributed by atoms with van der Waals surface area (Å²) < 4.78 is 0. The average Bonchev–Trinajstić information content (AvgIpc) is 2.79. The van der Waals surface area contributed by atoms with Crippen molar-refractivity contribution in [3.8, 4) is 0 Å². The molecule has 5 nitrogen and oxygen atoms in total. The van der Waals surface area contributed by atoms with Crippen LogP contribution in [0.2, 0.25) is 0 Å². The largest absolute Gasteiger partial charge is 0.354 e. The van der Waals surface area contributed by atoms with Crippen molar-refractivity contribution in [1.82, 2.24) is 15.3 Å². The molecule has 0 spiro atoms. The first-order valence-corrected chi connectivity index (χ1v) is 9.80. The van der Waals surface area contributed by atoms with Crippen LogP contribution in [0.25, 0.3) is 0 Å². The van der Waals surface area contributed by atoms with Crippen LogP contribution in [0, 0.1) is 0 Å². The van der Waals surface area contributed by atoms with Gasteiger partial charge in [0.25, 0.3) is 5.91 Å². The van der Waals surface area contributed by atoms with E-state index in [1.807, 2.05) is 61.5 Å². The molecule has 148 valence electrons. The van der Waals surface area contributed by atoms with Gasteiger partial charge in [-0.3, -0.25) is 14.6 Å². The van der Waals surface area contributed by atoms with Gasteiger partial charge in [-0.25, -0.2) is 4.98 Å². The zero-order valence-electron chi connectivity index (χ0n) is 16.8. The topological polar surface area (TPSA) is 72.0 Å². The minimum atomic E-state index is -0.297. The first-order valence-electron chi connectivity index (χ1n) is 9.80. The molecule has 1 atom stereocenters. The van der Waals surface area contributed by atoms with Crippen LogP contribution in [-0.4, -0.2) is 28.7 Å². The second kappa shape index (κ2) is 9.73. The van der Waals surface area contributed by atoms with Crippen molar-refractivity contribution in [2.24, 2.45) is 0 Å². The van der Waals surface area contributed by atoms with Gasteiger partial charge in [-0.2, -0.15) is 0 Å². The van der Waals surface area contributed by atoms with Gasteiger partial charge in [-0.1, -0.05) is 43.3 Å². The van der Waals surface area contributed by atoms with Gasteiger partial charge in [0.05, 0.1) is 0 Å². The van der Waals surface area contributed by atoms with E-state index in [4.69, 9.17) is 0 Å². The van der Waals surface area contributed by atoms with Crippen molar-refractivity contribution in [3.05, 3.63) is 95.1 Å². The van der Waals surface area contributed by atoms with Crippen molar-refractivity contribution in [2.75, 3.05) is 7.05 Å². The molecule has 0 aliphatic carbocycles. The molecular formula is C24H25N3O2. The molecule has 0 unspecified atom stereocenters. The number of benzene rings is 1. The predicted molar refractivity (Wildman–Crippen MR) is 113 cm³/mol. The summed E-state index contributed by atoms with van der Waals surface area (Å²) in [6.45, 7) is 2.03. The molecule has 0 radical (unpaired) electrons. The molecular weight excluding hydrogens is 362 g/mol. The van der Waals surface area contributed by atoms with Crippen LogP contribution < -0.4 is 5.32 Å². The van der Waals surface area contributed by atoms with Crippen molar-refractivity contribution in [1.29, 1.82) is 0 Å². The summed E-state index contributed by atoms with van der Waals surface area (Å²) in [6, 6.07) is 19.1. The molecule has 3 aromatic rings. The number of hydrogen-bond donors (Lipinski definition) is 1. The summed E-state index contributed by atoms with van der Waals surface area (Å²) >= 11 is 0. The Morgan fingerprint density at radius 3 is 2.48 bits per heavy atom. The van der Waals surface area contributed by atoms with Crippen LogP contribution in [-0.2, 0) is 6.42 Å². The van der Waals surface area contributed by atoms with Crippen LogP contribution in [0.15, 0.2) is 66.9 Å². The van der Waals surface area contributed by atoms with E-state index in [0.717, 1.165) is 17.7 Å². The molecule has 5 heteroatoms. The van der Waals surface area contributed by atoms with Crippen LogP contribution in [0.5, 0.6) is 0 Å². The molecule has 0 aliphatic heterocycles.